The van der Waals surface area contributed by atoms with E-state index >= 15 is 0 Å². The molecule has 3 aromatic carbocycles. The van der Waals surface area contributed by atoms with Gasteiger partial charge < -0.3 is 19.7 Å². The Balaban J connectivity index is 1.57. The molecule has 0 saturated heterocycles. The van der Waals surface area contributed by atoms with Gasteiger partial charge in [0.05, 0.1) is 5.56 Å². The number of carbonyl (C=O) groups excluding carboxylic acids is 1. The van der Waals surface area contributed by atoms with E-state index < -0.39 is 5.97 Å². The molecule has 5 nitrogen and oxygen atoms in total. The molecule has 0 saturated carbocycles. The molecule has 5 heteroatoms. The van der Waals surface area contributed by atoms with E-state index in [1.54, 1.807) is 48.5 Å². The number of phenolic OH excluding ortho intramolecular Hbond substituents is 2. The lowest BCUT2D eigenvalue weighted by Gasteiger charge is -2.08. The van der Waals surface area contributed by atoms with Gasteiger partial charge in [0.1, 0.15) is 29.6 Å². The predicted octanol–water partition coefficient (Wildman–Crippen LogP) is 3.90. The van der Waals surface area contributed by atoms with E-state index in [-0.39, 0.29) is 11.5 Å². The minimum absolute atomic E-state index is 0.0895. The number of hydrogen-bond acceptors (Lipinski definition) is 5. The van der Waals surface area contributed by atoms with Crippen LogP contribution < -0.4 is 9.47 Å². The maximum atomic E-state index is 12.0. The van der Waals surface area contributed by atoms with Gasteiger partial charge in [0.2, 0.25) is 0 Å². The Hall–Kier alpha value is -3.47. The summed E-state index contributed by atoms with van der Waals surface area (Å²) < 4.78 is 10.9. The summed E-state index contributed by atoms with van der Waals surface area (Å²) in [7, 11) is 0. The molecule has 0 spiro atoms. The van der Waals surface area contributed by atoms with Crippen LogP contribution >= 0.6 is 0 Å². The van der Waals surface area contributed by atoms with Gasteiger partial charge in [-0.15, -0.1) is 0 Å². The maximum Gasteiger partial charge on any atom is 0.343 e. The second kappa shape index (κ2) is 7.40. The Kier molecular flexibility index (Phi) is 4.85. The molecule has 0 aliphatic rings. The van der Waals surface area contributed by atoms with E-state index in [2.05, 4.69) is 0 Å². The van der Waals surface area contributed by atoms with E-state index in [4.69, 9.17) is 9.47 Å². The lowest BCUT2D eigenvalue weighted by Crippen LogP contribution is -2.08. The molecule has 126 valence electrons. The van der Waals surface area contributed by atoms with Crippen molar-refractivity contribution < 1.29 is 24.5 Å². The van der Waals surface area contributed by atoms with Gasteiger partial charge in [-0.1, -0.05) is 12.1 Å². The molecule has 0 radical (unpaired) electrons. The second-order valence-electron chi connectivity index (χ2n) is 5.36. The first-order valence-electron chi connectivity index (χ1n) is 7.62. The zero-order valence-corrected chi connectivity index (χ0v) is 13.3. The predicted molar refractivity (Wildman–Crippen MR) is 91.9 cm³/mol. The summed E-state index contributed by atoms with van der Waals surface area (Å²) in [6.07, 6.45) is 0. The first-order chi connectivity index (χ1) is 12.1. The summed E-state index contributed by atoms with van der Waals surface area (Å²) in [4.78, 5) is 12.0. The molecule has 3 aromatic rings. The summed E-state index contributed by atoms with van der Waals surface area (Å²) in [5.41, 5.74) is 1.28. The lowest BCUT2D eigenvalue weighted by atomic mass is 10.2. The van der Waals surface area contributed by atoms with Crippen LogP contribution in [0.2, 0.25) is 0 Å². The molecule has 0 unspecified atom stereocenters. The first kappa shape index (κ1) is 16.4. The number of aromatic hydroxyl groups is 2. The van der Waals surface area contributed by atoms with Crippen molar-refractivity contribution in [2.75, 3.05) is 0 Å². The van der Waals surface area contributed by atoms with Gasteiger partial charge in [-0.25, -0.2) is 4.79 Å². The third-order valence-corrected chi connectivity index (χ3v) is 3.48. The second-order valence-corrected chi connectivity index (χ2v) is 5.36. The Morgan fingerprint density at radius 1 is 0.720 bits per heavy atom. The Bertz CT molecular complexity index is 837. The SMILES string of the molecule is O=C(Oc1ccc(OCc2ccc(O)cc2)cc1)c1ccc(O)cc1. The molecule has 0 aromatic heterocycles. The van der Waals surface area contributed by atoms with Crippen LogP contribution in [-0.4, -0.2) is 16.2 Å². The van der Waals surface area contributed by atoms with Gasteiger partial charge in [0.15, 0.2) is 0 Å². The topological polar surface area (TPSA) is 76.0 Å². The Morgan fingerprint density at radius 2 is 1.24 bits per heavy atom. The monoisotopic (exact) mass is 336 g/mol. The van der Waals surface area contributed by atoms with Crippen molar-refractivity contribution >= 4 is 5.97 Å². The number of carbonyl (C=O) groups is 1. The van der Waals surface area contributed by atoms with Crippen LogP contribution in [0.25, 0.3) is 0 Å². The van der Waals surface area contributed by atoms with Crippen molar-refractivity contribution in [3.63, 3.8) is 0 Å². The highest BCUT2D eigenvalue weighted by atomic mass is 16.5. The summed E-state index contributed by atoms with van der Waals surface area (Å²) >= 11 is 0. The molecule has 0 atom stereocenters. The maximum absolute atomic E-state index is 12.0. The van der Waals surface area contributed by atoms with E-state index in [9.17, 15) is 15.0 Å². The molecule has 0 amide bonds. The smallest absolute Gasteiger partial charge is 0.343 e. The average Bonchev–Trinajstić information content (AvgIpc) is 2.63. The highest BCUT2D eigenvalue weighted by molar-refractivity contribution is 5.91. The van der Waals surface area contributed by atoms with Crippen molar-refractivity contribution in [3.05, 3.63) is 83.9 Å². The molecule has 25 heavy (non-hydrogen) atoms. The van der Waals surface area contributed by atoms with E-state index in [1.165, 1.54) is 24.3 Å². The fraction of sp³-hybridized carbons (Fsp3) is 0.0500. The number of benzene rings is 3. The molecule has 0 heterocycles. The highest BCUT2D eigenvalue weighted by Crippen LogP contribution is 2.20. The molecule has 0 aliphatic carbocycles. The summed E-state index contributed by atoms with van der Waals surface area (Å²) in [6, 6.07) is 19.3. The highest BCUT2D eigenvalue weighted by Gasteiger charge is 2.08. The summed E-state index contributed by atoms with van der Waals surface area (Å²) in [6.45, 7) is 0.368. The molecular formula is C20H16O5. The molecular weight excluding hydrogens is 320 g/mol. The molecule has 0 bridgehead atoms. The van der Waals surface area contributed by atoms with Crippen LogP contribution in [0, 0.1) is 0 Å². The normalized spacial score (nSPS) is 10.2. The Morgan fingerprint density at radius 3 is 1.84 bits per heavy atom. The fourth-order valence-corrected chi connectivity index (χ4v) is 2.13. The van der Waals surface area contributed by atoms with Crippen LogP contribution in [0.4, 0.5) is 0 Å². The number of ether oxygens (including phenoxy) is 2. The standard InChI is InChI=1S/C20H16O5/c21-16-5-1-14(2-6-16)13-24-18-9-11-19(12-10-18)25-20(23)15-3-7-17(22)8-4-15/h1-12,21-22H,13H2. The van der Waals surface area contributed by atoms with Gasteiger partial charge in [0.25, 0.3) is 0 Å². The molecule has 0 fully saturated rings. The lowest BCUT2D eigenvalue weighted by molar-refractivity contribution is 0.0734. The molecule has 0 aliphatic heterocycles. The van der Waals surface area contributed by atoms with Crippen LogP contribution in [0.5, 0.6) is 23.0 Å². The van der Waals surface area contributed by atoms with Crippen molar-refractivity contribution in [3.8, 4) is 23.0 Å². The van der Waals surface area contributed by atoms with Gasteiger partial charge in [-0.05, 0) is 66.2 Å². The van der Waals surface area contributed by atoms with Gasteiger partial charge in [0, 0.05) is 0 Å². The van der Waals surface area contributed by atoms with Crippen LogP contribution in [0.1, 0.15) is 15.9 Å². The summed E-state index contributed by atoms with van der Waals surface area (Å²) in [5.74, 6) is 0.834. The van der Waals surface area contributed by atoms with Gasteiger partial charge in [-0.2, -0.15) is 0 Å². The van der Waals surface area contributed by atoms with E-state index in [1.807, 2.05) is 0 Å². The molecule has 3 rings (SSSR count). The van der Waals surface area contributed by atoms with Crippen molar-refractivity contribution in [1.29, 1.82) is 0 Å². The van der Waals surface area contributed by atoms with Gasteiger partial charge in [-0.3, -0.25) is 0 Å². The van der Waals surface area contributed by atoms with Gasteiger partial charge >= 0.3 is 5.97 Å². The largest absolute Gasteiger partial charge is 0.508 e. The minimum atomic E-state index is -0.502. The van der Waals surface area contributed by atoms with Crippen LogP contribution in [0.3, 0.4) is 0 Å². The van der Waals surface area contributed by atoms with Crippen LogP contribution in [0.15, 0.2) is 72.8 Å². The minimum Gasteiger partial charge on any atom is -0.508 e. The van der Waals surface area contributed by atoms with Crippen LogP contribution in [-0.2, 0) is 6.61 Å². The van der Waals surface area contributed by atoms with Crippen molar-refractivity contribution in [1.82, 2.24) is 0 Å². The zero-order chi connectivity index (χ0) is 17.6. The fourth-order valence-electron chi connectivity index (χ4n) is 2.13. The van der Waals surface area contributed by atoms with Crippen molar-refractivity contribution in [2.45, 2.75) is 6.61 Å². The zero-order valence-electron chi connectivity index (χ0n) is 13.3. The molecule has 2 N–H and O–H groups in total. The summed E-state index contributed by atoms with van der Waals surface area (Å²) in [5, 5.41) is 18.5. The number of phenols is 2. The Labute approximate surface area is 144 Å². The number of esters is 1. The van der Waals surface area contributed by atoms with Crippen molar-refractivity contribution in [2.24, 2.45) is 0 Å². The van der Waals surface area contributed by atoms with E-state index in [0.29, 0.717) is 23.7 Å². The average molecular weight is 336 g/mol. The third kappa shape index (κ3) is 4.51. The number of rotatable bonds is 5. The quantitative estimate of drug-likeness (QED) is 0.546. The first-order valence-corrected chi connectivity index (χ1v) is 7.62. The third-order valence-electron chi connectivity index (χ3n) is 3.48. The number of hydrogen-bond donors (Lipinski definition) is 2. The van der Waals surface area contributed by atoms with E-state index in [0.717, 1.165) is 5.56 Å².